The van der Waals surface area contributed by atoms with Crippen molar-refractivity contribution in [2.75, 3.05) is 0 Å². The molecule has 0 bridgehead atoms. The lowest BCUT2D eigenvalue weighted by atomic mass is 10.1. The number of aryl methyl sites for hydroxylation is 1. The summed E-state index contributed by atoms with van der Waals surface area (Å²) >= 11 is 4.75. The maximum absolute atomic E-state index is 13.0. The van der Waals surface area contributed by atoms with Gasteiger partial charge in [0.2, 0.25) is 0 Å². The minimum atomic E-state index is -0.382. The van der Waals surface area contributed by atoms with Crippen LogP contribution in [0.5, 0.6) is 11.5 Å². The first-order chi connectivity index (χ1) is 8.56. The molecule has 2 aromatic rings. The van der Waals surface area contributed by atoms with Crippen LogP contribution in [0.25, 0.3) is 0 Å². The number of rotatable bonds is 3. The van der Waals surface area contributed by atoms with E-state index < -0.39 is 0 Å². The molecule has 2 aromatic carbocycles. The molecular formula is C14H11FO2S. The molecule has 18 heavy (non-hydrogen) atoms. The molecule has 0 saturated heterocycles. The van der Waals surface area contributed by atoms with Crippen molar-refractivity contribution in [1.29, 1.82) is 0 Å². The Morgan fingerprint density at radius 2 is 2.00 bits per heavy atom. The Morgan fingerprint density at radius 1 is 1.22 bits per heavy atom. The van der Waals surface area contributed by atoms with E-state index in [1.54, 1.807) is 24.3 Å². The molecule has 0 radical (unpaired) electrons. The Balaban J connectivity index is 2.37. The molecule has 0 atom stereocenters. The minimum absolute atomic E-state index is 0.245. The average molecular weight is 262 g/mol. The van der Waals surface area contributed by atoms with Crippen LogP contribution < -0.4 is 4.74 Å². The van der Waals surface area contributed by atoms with Crippen molar-refractivity contribution >= 4 is 17.3 Å². The number of hydrogen-bond donors (Lipinski definition) is 1. The number of hydrogen-bond acceptors (Lipinski definition) is 2. The smallest absolute Gasteiger partial charge is 0.192 e. The maximum Gasteiger partial charge on any atom is 0.192 e. The zero-order valence-electron chi connectivity index (χ0n) is 9.68. The van der Waals surface area contributed by atoms with Gasteiger partial charge in [0.15, 0.2) is 5.05 Å². The summed E-state index contributed by atoms with van der Waals surface area (Å²) in [5.74, 6) is 0.378. The van der Waals surface area contributed by atoms with E-state index in [0.717, 1.165) is 5.56 Å². The lowest BCUT2D eigenvalue weighted by molar-refractivity contribution is 0.472. The van der Waals surface area contributed by atoms with E-state index in [-0.39, 0.29) is 10.9 Å². The lowest BCUT2D eigenvalue weighted by Gasteiger charge is -2.10. The van der Waals surface area contributed by atoms with Crippen molar-refractivity contribution in [2.45, 2.75) is 6.92 Å². The summed E-state index contributed by atoms with van der Waals surface area (Å²) in [5.41, 5.74) is 1.38. The zero-order valence-corrected chi connectivity index (χ0v) is 10.5. The highest BCUT2D eigenvalue weighted by atomic mass is 32.1. The summed E-state index contributed by atoms with van der Waals surface area (Å²) in [6.45, 7) is 1.88. The van der Waals surface area contributed by atoms with E-state index in [1.807, 2.05) is 13.0 Å². The van der Waals surface area contributed by atoms with Crippen LogP contribution in [-0.2, 0) is 0 Å². The summed E-state index contributed by atoms with van der Waals surface area (Å²) < 4.78 is 18.6. The maximum atomic E-state index is 13.0. The van der Waals surface area contributed by atoms with Gasteiger partial charge in [0.1, 0.15) is 17.3 Å². The molecule has 0 heterocycles. The fraction of sp³-hybridized carbons (Fsp3) is 0.0714. The molecule has 2 nitrogen and oxygen atoms in total. The highest BCUT2D eigenvalue weighted by molar-refractivity contribution is 7.80. The molecular weight excluding hydrogens is 251 g/mol. The molecule has 0 aromatic heterocycles. The van der Waals surface area contributed by atoms with Gasteiger partial charge in [-0.3, -0.25) is 0 Å². The summed E-state index contributed by atoms with van der Waals surface area (Å²) in [7, 11) is 0. The van der Waals surface area contributed by atoms with Crippen LogP contribution >= 0.6 is 12.2 Å². The molecule has 0 spiro atoms. The number of aliphatic hydroxyl groups is 1. The van der Waals surface area contributed by atoms with Crippen LogP contribution in [0.1, 0.15) is 11.1 Å². The predicted octanol–water partition coefficient (Wildman–Crippen LogP) is 4.16. The van der Waals surface area contributed by atoms with Crippen molar-refractivity contribution in [3.8, 4) is 11.5 Å². The van der Waals surface area contributed by atoms with Crippen LogP contribution in [0, 0.1) is 12.7 Å². The Morgan fingerprint density at radius 3 is 2.67 bits per heavy atom. The normalized spacial score (nSPS) is 10.1. The molecule has 0 saturated carbocycles. The molecule has 4 heteroatoms. The number of ether oxygens (including phenoxy) is 1. The monoisotopic (exact) mass is 262 g/mol. The van der Waals surface area contributed by atoms with E-state index in [2.05, 4.69) is 0 Å². The first-order valence-corrected chi connectivity index (χ1v) is 5.74. The van der Waals surface area contributed by atoms with Crippen LogP contribution in [0.15, 0.2) is 42.5 Å². The van der Waals surface area contributed by atoms with Gasteiger partial charge in [0.25, 0.3) is 0 Å². The summed E-state index contributed by atoms with van der Waals surface area (Å²) in [5, 5.41) is 9.19. The van der Waals surface area contributed by atoms with Crippen LogP contribution in [0.3, 0.4) is 0 Å². The Bertz CT molecular complexity index is 596. The molecule has 0 fully saturated rings. The summed E-state index contributed by atoms with van der Waals surface area (Å²) in [4.78, 5) is 0. The van der Waals surface area contributed by atoms with E-state index in [4.69, 9.17) is 17.0 Å². The average Bonchev–Trinajstić information content (AvgIpc) is 2.31. The van der Waals surface area contributed by atoms with E-state index in [1.165, 1.54) is 12.1 Å². The van der Waals surface area contributed by atoms with Crippen molar-refractivity contribution in [1.82, 2.24) is 0 Å². The Hall–Kier alpha value is -1.94. The van der Waals surface area contributed by atoms with Crippen LogP contribution in [0.2, 0.25) is 0 Å². The molecule has 92 valence electrons. The third-order valence-electron chi connectivity index (χ3n) is 2.39. The number of thiocarbonyl (C=S) groups is 1. The molecule has 0 aliphatic heterocycles. The van der Waals surface area contributed by atoms with Gasteiger partial charge in [-0.2, -0.15) is 0 Å². The largest absolute Gasteiger partial charge is 0.498 e. The van der Waals surface area contributed by atoms with Crippen LogP contribution in [-0.4, -0.2) is 10.2 Å². The van der Waals surface area contributed by atoms with E-state index in [0.29, 0.717) is 17.1 Å². The summed E-state index contributed by atoms with van der Waals surface area (Å²) in [6.07, 6.45) is 0. The highest BCUT2D eigenvalue weighted by Crippen LogP contribution is 2.27. The second-order valence-corrected chi connectivity index (χ2v) is 4.25. The van der Waals surface area contributed by atoms with E-state index >= 15 is 0 Å². The van der Waals surface area contributed by atoms with Gasteiger partial charge < -0.3 is 9.84 Å². The van der Waals surface area contributed by atoms with Crippen molar-refractivity contribution in [2.24, 2.45) is 0 Å². The second-order valence-electron chi connectivity index (χ2n) is 3.86. The molecule has 2 rings (SSSR count). The predicted molar refractivity (Wildman–Crippen MR) is 72.0 cm³/mol. The highest BCUT2D eigenvalue weighted by Gasteiger charge is 2.09. The second kappa shape index (κ2) is 5.14. The van der Waals surface area contributed by atoms with E-state index in [9.17, 15) is 9.50 Å². The minimum Gasteiger partial charge on any atom is -0.498 e. The number of aliphatic hydroxyl groups excluding tert-OH is 1. The van der Waals surface area contributed by atoms with Crippen LogP contribution in [0.4, 0.5) is 4.39 Å². The zero-order chi connectivity index (χ0) is 13.1. The van der Waals surface area contributed by atoms with Gasteiger partial charge in [0, 0.05) is 6.07 Å². The first-order valence-electron chi connectivity index (χ1n) is 5.33. The van der Waals surface area contributed by atoms with Gasteiger partial charge in [-0.15, -0.1) is 0 Å². The van der Waals surface area contributed by atoms with Gasteiger partial charge in [0.05, 0.1) is 5.56 Å². The number of benzene rings is 2. The Labute approximate surface area is 110 Å². The first kappa shape index (κ1) is 12.5. The lowest BCUT2D eigenvalue weighted by Crippen LogP contribution is -1.99. The summed E-state index contributed by atoms with van der Waals surface area (Å²) in [6, 6.07) is 11.0. The van der Waals surface area contributed by atoms with Gasteiger partial charge >= 0.3 is 0 Å². The van der Waals surface area contributed by atoms with Crippen molar-refractivity contribution in [3.05, 3.63) is 59.4 Å². The van der Waals surface area contributed by atoms with Gasteiger partial charge in [-0.05, 0) is 43.4 Å². The van der Waals surface area contributed by atoms with Gasteiger partial charge in [-0.1, -0.05) is 17.7 Å². The standard InChI is InChI=1S/C14H11FO2S/c1-9-5-6-13(12(7-9)14(16)18)17-11-4-2-3-10(15)8-11/h2-8H,1H3,(H,16,18). The SMILES string of the molecule is Cc1ccc(Oc2cccc(F)c2)c(C(O)=S)c1. The third kappa shape index (κ3) is 2.84. The quantitative estimate of drug-likeness (QED) is 0.842. The van der Waals surface area contributed by atoms with Gasteiger partial charge in [-0.25, -0.2) is 4.39 Å². The van der Waals surface area contributed by atoms with Crippen molar-refractivity contribution in [3.63, 3.8) is 0 Å². The fourth-order valence-corrected chi connectivity index (χ4v) is 1.72. The topological polar surface area (TPSA) is 29.5 Å². The molecule has 0 amide bonds. The van der Waals surface area contributed by atoms with Crippen molar-refractivity contribution < 1.29 is 14.2 Å². The molecule has 0 aliphatic carbocycles. The third-order valence-corrected chi connectivity index (χ3v) is 2.61. The molecule has 1 N–H and O–H groups in total. The Kier molecular flexibility index (Phi) is 3.58. The molecule has 0 aliphatic rings. The molecule has 0 unspecified atom stereocenters. The number of halogens is 1. The fourth-order valence-electron chi connectivity index (χ4n) is 1.56.